The number of halogens is 1. The van der Waals surface area contributed by atoms with Crippen LogP contribution in [0, 0.1) is 0 Å². The summed E-state index contributed by atoms with van der Waals surface area (Å²) in [6.45, 7) is 4.82. The summed E-state index contributed by atoms with van der Waals surface area (Å²) in [7, 11) is 0. The summed E-state index contributed by atoms with van der Waals surface area (Å²) in [6, 6.07) is 18.3. The number of amides is 3. The quantitative estimate of drug-likeness (QED) is 0.482. The van der Waals surface area contributed by atoms with Crippen molar-refractivity contribution in [3.8, 4) is 0 Å². The molecule has 0 aliphatic carbocycles. The lowest BCUT2D eigenvalue weighted by atomic mass is 10.1. The number of likely N-dealkylation sites (N-methyl/N-ethyl adjacent to an activating group) is 1. The number of anilines is 1. The maximum absolute atomic E-state index is 13.2. The van der Waals surface area contributed by atoms with Crippen LogP contribution in [-0.2, 0) is 16.1 Å². The first-order valence-electron chi connectivity index (χ1n) is 11.6. The summed E-state index contributed by atoms with van der Waals surface area (Å²) in [6.07, 6.45) is 0.724. The first-order valence-corrected chi connectivity index (χ1v) is 11.9. The number of nitrogens with one attached hydrogen (secondary N) is 1. The summed E-state index contributed by atoms with van der Waals surface area (Å²) in [4.78, 5) is 42.1. The van der Waals surface area contributed by atoms with Crippen LogP contribution in [0.5, 0.6) is 0 Å². The average Bonchev–Trinajstić information content (AvgIpc) is 3.11. The zero-order valence-corrected chi connectivity index (χ0v) is 20.1. The Balaban J connectivity index is 1.45. The van der Waals surface area contributed by atoms with E-state index in [2.05, 4.69) is 5.32 Å². The minimum Gasteiger partial charge on any atom is -0.355 e. The van der Waals surface area contributed by atoms with Gasteiger partial charge in [-0.2, -0.15) is 0 Å². The van der Waals surface area contributed by atoms with Crippen LogP contribution in [0.3, 0.4) is 0 Å². The van der Waals surface area contributed by atoms with Gasteiger partial charge in [0.2, 0.25) is 11.8 Å². The molecule has 3 aromatic rings. The van der Waals surface area contributed by atoms with E-state index in [1.807, 2.05) is 55.5 Å². The first-order chi connectivity index (χ1) is 16.4. The molecule has 0 aromatic heterocycles. The molecule has 1 aliphatic heterocycles. The Morgan fingerprint density at radius 1 is 1.06 bits per heavy atom. The Morgan fingerprint density at radius 3 is 2.47 bits per heavy atom. The summed E-state index contributed by atoms with van der Waals surface area (Å²) in [5.41, 5.74) is 2.48. The SMILES string of the molecule is CCNC(=O)[C@@H](C)N(Cc1ccc(Cl)cc1)C(=O)CCCN1C(=O)c2cccc3cccc1c23. The van der Waals surface area contributed by atoms with E-state index in [9.17, 15) is 14.4 Å². The molecular weight excluding hydrogens is 450 g/mol. The molecule has 0 fully saturated rings. The Bertz CT molecular complexity index is 1220. The van der Waals surface area contributed by atoms with Crippen LogP contribution >= 0.6 is 11.6 Å². The molecule has 0 spiro atoms. The zero-order chi connectivity index (χ0) is 24.2. The normalized spacial score (nSPS) is 13.3. The molecule has 1 heterocycles. The minimum absolute atomic E-state index is 0.0343. The van der Waals surface area contributed by atoms with E-state index in [-0.39, 0.29) is 24.1 Å². The molecule has 3 aromatic carbocycles. The van der Waals surface area contributed by atoms with Crippen molar-refractivity contribution in [3.63, 3.8) is 0 Å². The lowest BCUT2D eigenvalue weighted by molar-refractivity contribution is -0.140. The third-order valence-electron chi connectivity index (χ3n) is 6.21. The first kappa shape index (κ1) is 23.8. The van der Waals surface area contributed by atoms with E-state index in [1.165, 1.54) is 0 Å². The van der Waals surface area contributed by atoms with Gasteiger partial charge in [0, 0.05) is 42.0 Å². The van der Waals surface area contributed by atoms with Gasteiger partial charge < -0.3 is 15.1 Å². The second kappa shape index (κ2) is 10.3. The lowest BCUT2D eigenvalue weighted by Crippen LogP contribution is -2.47. The molecule has 34 heavy (non-hydrogen) atoms. The molecule has 3 amide bonds. The monoisotopic (exact) mass is 477 g/mol. The van der Waals surface area contributed by atoms with Gasteiger partial charge in [-0.3, -0.25) is 14.4 Å². The predicted octanol–water partition coefficient (Wildman–Crippen LogP) is 4.79. The maximum atomic E-state index is 13.2. The number of benzene rings is 3. The highest BCUT2D eigenvalue weighted by atomic mass is 35.5. The standard InChI is InChI=1S/C27H28ClN3O3/c1-3-29-26(33)18(2)31(17-19-12-14-21(28)15-13-19)24(32)11-6-16-30-23-10-5-8-20-7-4-9-22(25(20)23)27(30)34/h4-5,7-10,12-15,18H,3,6,11,16-17H2,1-2H3,(H,29,33)/t18-/m1/s1. The number of carbonyl (C=O) groups excluding carboxylic acids is 3. The molecule has 0 bridgehead atoms. The van der Waals surface area contributed by atoms with Crippen LogP contribution in [0.15, 0.2) is 60.7 Å². The van der Waals surface area contributed by atoms with Crippen molar-refractivity contribution in [2.75, 3.05) is 18.0 Å². The highest BCUT2D eigenvalue weighted by Gasteiger charge is 2.30. The molecule has 176 valence electrons. The van der Waals surface area contributed by atoms with Crippen LogP contribution in [-0.4, -0.2) is 41.8 Å². The smallest absolute Gasteiger partial charge is 0.258 e. The molecule has 1 aliphatic rings. The zero-order valence-electron chi connectivity index (χ0n) is 19.4. The molecular formula is C27H28ClN3O3. The van der Waals surface area contributed by atoms with E-state index < -0.39 is 6.04 Å². The minimum atomic E-state index is -0.616. The Hall–Kier alpha value is -3.38. The van der Waals surface area contributed by atoms with Crippen molar-refractivity contribution < 1.29 is 14.4 Å². The molecule has 1 atom stereocenters. The van der Waals surface area contributed by atoms with Gasteiger partial charge in [-0.05, 0) is 55.5 Å². The average molecular weight is 478 g/mol. The molecule has 0 radical (unpaired) electrons. The van der Waals surface area contributed by atoms with E-state index in [1.54, 1.807) is 28.9 Å². The van der Waals surface area contributed by atoms with Crippen molar-refractivity contribution in [1.82, 2.24) is 10.2 Å². The van der Waals surface area contributed by atoms with Gasteiger partial charge >= 0.3 is 0 Å². The number of nitrogens with zero attached hydrogens (tertiary/aromatic N) is 2. The lowest BCUT2D eigenvalue weighted by Gasteiger charge is -2.29. The van der Waals surface area contributed by atoms with Crippen molar-refractivity contribution >= 4 is 45.8 Å². The van der Waals surface area contributed by atoms with Gasteiger partial charge in [0.1, 0.15) is 6.04 Å². The largest absolute Gasteiger partial charge is 0.355 e. The molecule has 0 saturated heterocycles. The van der Waals surface area contributed by atoms with Gasteiger partial charge in [-0.15, -0.1) is 0 Å². The van der Waals surface area contributed by atoms with Gasteiger partial charge in [0.15, 0.2) is 0 Å². The summed E-state index contributed by atoms with van der Waals surface area (Å²) < 4.78 is 0. The number of hydrogen-bond donors (Lipinski definition) is 1. The van der Waals surface area contributed by atoms with Crippen LogP contribution in [0.1, 0.15) is 42.6 Å². The van der Waals surface area contributed by atoms with Gasteiger partial charge in [0.25, 0.3) is 5.91 Å². The van der Waals surface area contributed by atoms with Crippen LogP contribution in [0.2, 0.25) is 5.02 Å². The molecule has 7 heteroatoms. The number of carbonyl (C=O) groups is 3. The highest BCUT2D eigenvalue weighted by Crippen LogP contribution is 2.37. The third-order valence-corrected chi connectivity index (χ3v) is 6.46. The van der Waals surface area contributed by atoms with E-state index in [4.69, 9.17) is 11.6 Å². The van der Waals surface area contributed by atoms with Gasteiger partial charge in [-0.1, -0.05) is 48.0 Å². The van der Waals surface area contributed by atoms with Crippen molar-refractivity contribution in [2.24, 2.45) is 0 Å². The van der Waals surface area contributed by atoms with E-state index in [0.717, 1.165) is 22.0 Å². The molecule has 1 N–H and O–H groups in total. The predicted molar refractivity (Wildman–Crippen MR) is 135 cm³/mol. The van der Waals surface area contributed by atoms with E-state index in [0.29, 0.717) is 36.6 Å². The number of hydrogen-bond acceptors (Lipinski definition) is 3. The van der Waals surface area contributed by atoms with Crippen LogP contribution < -0.4 is 10.2 Å². The number of rotatable bonds is 9. The highest BCUT2D eigenvalue weighted by molar-refractivity contribution is 6.30. The fraction of sp³-hybridized carbons (Fsp3) is 0.296. The second-order valence-corrected chi connectivity index (χ2v) is 8.90. The fourth-order valence-corrected chi connectivity index (χ4v) is 4.55. The second-order valence-electron chi connectivity index (χ2n) is 8.46. The van der Waals surface area contributed by atoms with Crippen molar-refractivity contribution in [1.29, 1.82) is 0 Å². The van der Waals surface area contributed by atoms with Crippen molar-refractivity contribution in [2.45, 2.75) is 39.3 Å². The van der Waals surface area contributed by atoms with Crippen LogP contribution in [0.25, 0.3) is 10.8 Å². The fourth-order valence-electron chi connectivity index (χ4n) is 4.42. The maximum Gasteiger partial charge on any atom is 0.258 e. The molecule has 4 rings (SSSR count). The molecule has 6 nitrogen and oxygen atoms in total. The Morgan fingerprint density at radius 2 is 1.76 bits per heavy atom. The van der Waals surface area contributed by atoms with Gasteiger partial charge in [0.05, 0.1) is 5.69 Å². The molecule has 0 unspecified atom stereocenters. The summed E-state index contributed by atoms with van der Waals surface area (Å²) in [5, 5.41) is 5.41. The Kier molecular flexibility index (Phi) is 7.17. The third kappa shape index (κ3) is 4.77. The van der Waals surface area contributed by atoms with Crippen molar-refractivity contribution in [3.05, 3.63) is 76.8 Å². The van der Waals surface area contributed by atoms with Crippen LogP contribution in [0.4, 0.5) is 5.69 Å². The summed E-state index contributed by atoms with van der Waals surface area (Å²) in [5.74, 6) is -0.356. The topological polar surface area (TPSA) is 69.7 Å². The van der Waals surface area contributed by atoms with Gasteiger partial charge in [-0.25, -0.2) is 0 Å². The van der Waals surface area contributed by atoms with E-state index >= 15 is 0 Å². The summed E-state index contributed by atoms with van der Waals surface area (Å²) >= 11 is 5.99. The molecule has 0 saturated carbocycles. The Labute approximate surface area is 204 Å².